The second-order valence-electron chi connectivity index (χ2n) is 8.17. The van der Waals surface area contributed by atoms with Crippen LogP contribution in [0.2, 0.25) is 0 Å². The van der Waals surface area contributed by atoms with E-state index >= 15 is 0 Å². The SMILES string of the molecule is CN(C)c1ccc(CNCCCCCCC2CC(=O)c3ccccc3C2=O)cc1. The number of anilines is 1. The molecule has 2 aromatic carbocycles. The summed E-state index contributed by atoms with van der Waals surface area (Å²) in [7, 11) is 4.10. The van der Waals surface area contributed by atoms with Gasteiger partial charge in [0.2, 0.25) is 0 Å². The van der Waals surface area contributed by atoms with Crippen molar-refractivity contribution in [1.29, 1.82) is 0 Å². The van der Waals surface area contributed by atoms with Crippen LogP contribution in [0, 0.1) is 5.92 Å². The van der Waals surface area contributed by atoms with E-state index in [1.165, 1.54) is 11.3 Å². The van der Waals surface area contributed by atoms with Gasteiger partial charge in [0.15, 0.2) is 11.6 Å². The number of carbonyl (C=O) groups is 2. The molecule has 0 aromatic heterocycles. The van der Waals surface area contributed by atoms with Crippen molar-refractivity contribution in [2.75, 3.05) is 25.5 Å². The third kappa shape index (κ3) is 5.77. The summed E-state index contributed by atoms with van der Waals surface area (Å²) in [5, 5.41) is 3.50. The Morgan fingerprint density at radius 3 is 2.31 bits per heavy atom. The van der Waals surface area contributed by atoms with Crippen LogP contribution in [0.15, 0.2) is 48.5 Å². The van der Waals surface area contributed by atoms with Crippen LogP contribution < -0.4 is 10.2 Å². The molecule has 4 nitrogen and oxygen atoms in total. The number of nitrogens with one attached hydrogen (secondary N) is 1. The Labute approximate surface area is 174 Å². The topological polar surface area (TPSA) is 49.4 Å². The zero-order valence-electron chi connectivity index (χ0n) is 17.6. The molecule has 1 aliphatic carbocycles. The second-order valence-corrected chi connectivity index (χ2v) is 8.17. The van der Waals surface area contributed by atoms with Crippen LogP contribution in [0.5, 0.6) is 0 Å². The van der Waals surface area contributed by atoms with Gasteiger partial charge in [-0.3, -0.25) is 9.59 Å². The number of ketones is 2. The van der Waals surface area contributed by atoms with Crippen LogP contribution in [-0.2, 0) is 6.54 Å². The average Bonchev–Trinajstić information content (AvgIpc) is 2.73. The Balaban J connectivity index is 1.29. The number of rotatable bonds is 10. The summed E-state index contributed by atoms with van der Waals surface area (Å²) in [5.41, 5.74) is 3.75. The van der Waals surface area contributed by atoms with Crippen LogP contribution in [0.4, 0.5) is 5.69 Å². The lowest BCUT2D eigenvalue weighted by Gasteiger charge is -2.22. The molecule has 2 aromatic rings. The highest BCUT2D eigenvalue weighted by molar-refractivity contribution is 6.14. The Hall–Kier alpha value is -2.46. The molecule has 0 heterocycles. The van der Waals surface area contributed by atoms with E-state index in [2.05, 4.69) is 34.5 Å². The molecule has 154 valence electrons. The van der Waals surface area contributed by atoms with Crippen molar-refractivity contribution in [3.8, 4) is 0 Å². The molecule has 1 atom stereocenters. The minimum Gasteiger partial charge on any atom is -0.378 e. The zero-order chi connectivity index (χ0) is 20.6. The van der Waals surface area contributed by atoms with Crippen molar-refractivity contribution in [3.05, 3.63) is 65.2 Å². The minimum absolute atomic E-state index is 0.119. The van der Waals surface area contributed by atoms with E-state index < -0.39 is 0 Å². The number of unbranched alkanes of at least 4 members (excludes halogenated alkanes) is 3. The van der Waals surface area contributed by atoms with E-state index in [1.54, 1.807) is 12.1 Å². The maximum Gasteiger partial charge on any atom is 0.167 e. The van der Waals surface area contributed by atoms with Gasteiger partial charge >= 0.3 is 0 Å². The molecule has 1 aliphatic rings. The third-order valence-electron chi connectivity index (χ3n) is 5.73. The van der Waals surface area contributed by atoms with Gasteiger partial charge in [0.1, 0.15) is 0 Å². The molecule has 0 radical (unpaired) electrons. The highest BCUT2D eigenvalue weighted by Crippen LogP contribution is 2.29. The quantitative estimate of drug-likeness (QED) is 0.586. The summed E-state index contributed by atoms with van der Waals surface area (Å²) < 4.78 is 0. The van der Waals surface area contributed by atoms with Crippen molar-refractivity contribution in [3.63, 3.8) is 0 Å². The number of hydrogen-bond acceptors (Lipinski definition) is 4. The van der Waals surface area contributed by atoms with Crippen molar-refractivity contribution in [1.82, 2.24) is 5.32 Å². The first-order valence-electron chi connectivity index (χ1n) is 10.7. The maximum atomic E-state index is 12.6. The third-order valence-corrected chi connectivity index (χ3v) is 5.73. The maximum absolute atomic E-state index is 12.6. The number of hydrogen-bond donors (Lipinski definition) is 1. The molecule has 29 heavy (non-hydrogen) atoms. The van der Waals surface area contributed by atoms with Crippen molar-refractivity contribution < 1.29 is 9.59 Å². The fraction of sp³-hybridized carbons (Fsp3) is 0.440. The molecule has 0 saturated carbocycles. The smallest absolute Gasteiger partial charge is 0.167 e. The normalized spacial score (nSPS) is 16.0. The van der Waals surface area contributed by atoms with E-state index in [0.717, 1.165) is 45.2 Å². The molecule has 4 heteroatoms. The van der Waals surface area contributed by atoms with E-state index in [1.807, 2.05) is 26.2 Å². The summed E-state index contributed by atoms with van der Waals surface area (Å²) in [6.07, 6.45) is 5.61. The van der Waals surface area contributed by atoms with Crippen molar-refractivity contribution in [2.45, 2.75) is 45.1 Å². The minimum atomic E-state index is -0.124. The molecule has 3 rings (SSSR count). The first-order chi connectivity index (χ1) is 14.1. The summed E-state index contributed by atoms with van der Waals surface area (Å²) >= 11 is 0. The van der Waals surface area contributed by atoms with Gasteiger partial charge in [0.05, 0.1) is 0 Å². The van der Waals surface area contributed by atoms with Gasteiger partial charge in [-0.2, -0.15) is 0 Å². The van der Waals surface area contributed by atoms with Gasteiger partial charge in [-0.15, -0.1) is 0 Å². The van der Waals surface area contributed by atoms with Crippen LogP contribution in [0.25, 0.3) is 0 Å². The molecule has 1 unspecified atom stereocenters. The molecular weight excluding hydrogens is 360 g/mol. The summed E-state index contributed by atoms with van der Waals surface area (Å²) in [5.74, 6) is 0.149. The predicted octanol–water partition coefficient (Wildman–Crippen LogP) is 4.88. The van der Waals surface area contributed by atoms with Crippen molar-refractivity contribution >= 4 is 17.3 Å². The second kappa shape index (κ2) is 10.4. The summed E-state index contributed by atoms with van der Waals surface area (Å²) in [6.45, 7) is 1.90. The molecule has 0 amide bonds. The lowest BCUT2D eigenvalue weighted by atomic mass is 9.79. The molecule has 0 spiro atoms. The lowest BCUT2D eigenvalue weighted by Crippen LogP contribution is -2.26. The number of Topliss-reactive ketones (excluding diaryl/α,β-unsaturated/α-hetero) is 2. The first kappa shape index (κ1) is 21.3. The fourth-order valence-corrected chi connectivity index (χ4v) is 3.96. The van der Waals surface area contributed by atoms with Gasteiger partial charge in [0, 0.05) is 49.8 Å². The standard InChI is InChI=1S/C25H32N2O2/c1-27(2)21-14-12-19(13-15-21)18-26-16-8-4-3-5-9-20-17-24(28)22-10-6-7-11-23(22)25(20)29/h6-7,10-15,20,26H,3-5,8-9,16-18H2,1-2H3. The molecule has 0 bridgehead atoms. The first-order valence-corrected chi connectivity index (χ1v) is 10.7. The van der Waals surface area contributed by atoms with Crippen LogP contribution >= 0.6 is 0 Å². The molecule has 0 fully saturated rings. The van der Waals surface area contributed by atoms with Gasteiger partial charge in [-0.05, 0) is 37.1 Å². The largest absolute Gasteiger partial charge is 0.378 e. The van der Waals surface area contributed by atoms with E-state index in [4.69, 9.17) is 0 Å². The number of carbonyl (C=O) groups excluding carboxylic acids is 2. The Bertz CT molecular complexity index is 827. The van der Waals surface area contributed by atoms with E-state index in [-0.39, 0.29) is 17.5 Å². The molecule has 1 N–H and O–H groups in total. The van der Waals surface area contributed by atoms with Crippen LogP contribution in [0.1, 0.15) is 64.8 Å². The molecular formula is C25H32N2O2. The monoisotopic (exact) mass is 392 g/mol. The average molecular weight is 393 g/mol. The van der Waals surface area contributed by atoms with E-state index in [9.17, 15) is 9.59 Å². The summed E-state index contributed by atoms with van der Waals surface area (Å²) in [6, 6.07) is 15.9. The molecule has 0 saturated heterocycles. The van der Waals surface area contributed by atoms with Gasteiger partial charge < -0.3 is 10.2 Å². The number of nitrogens with zero attached hydrogens (tertiary/aromatic N) is 1. The number of fused-ring (bicyclic) bond motifs is 1. The summed E-state index contributed by atoms with van der Waals surface area (Å²) in [4.78, 5) is 27.0. The Morgan fingerprint density at radius 2 is 1.59 bits per heavy atom. The van der Waals surface area contributed by atoms with E-state index in [0.29, 0.717) is 17.5 Å². The highest BCUT2D eigenvalue weighted by Gasteiger charge is 2.31. The fourth-order valence-electron chi connectivity index (χ4n) is 3.96. The van der Waals surface area contributed by atoms with Crippen molar-refractivity contribution in [2.24, 2.45) is 5.92 Å². The van der Waals surface area contributed by atoms with Crippen LogP contribution in [0.3, 0.4) is 0 Å². The highest BCUT2D eigenvalue weighted by atomic mass is 16.1. The van der Waals surface area contributed by atoms with Gasteiger partial charge in [0.25, 0.3) is 0 Å². The zero-order valence-corrected chi connectivity index (χ0v) is 17.6. The number of benzene rings is 2. The Morgan fingerprint density at radius 1 is 0.897 bits per heavy atom. The Kier molecular flexibility index (Phi) is 7.59. The van der Waals surface area contributed by atoms with Crippen LogP contribution in [-0.4, -0.2) is 32.2 Å². The predicted molar refractivity (Wildman–Crippen MR) is 119 cm³/mol. The lowest BCUT2D eigenvalue weighted by molar-refractivity contribution is 0.0814. The molecule has 0 aliphatic heterocycles. The van der Waals surface area contributed by atoms with Gasteiger partial charge in [-0.25, -0.2) is 0 Å². The van der Waals surface area contributed by atoms with Gasteiger partial charge in [-0.1, -0.05) is 55.7 Å².